The molecule has 0 aromatic rings. The Morgan fingerprint density at radius 1 is 0.686 bits per heavy atom. The normalized spacial score (nSPS) is 15.0. The van der Waals surface area contributed by atoms with E-state index in [1.54, 1.807) is 6.08 Å². The summed E-state index contributed by atoms with van der Waals surface area (Å²) in [6, 6.07) is -0.821. The molecule has 3 unspecified atom stereocenters. The summed E-state index contributed by atoms with van der Waals surface area (Å²) in [6.45, 7) is 3.98. The lowest BCUT2D eigenvalue weighted by Crippen LogP contribution is -2.48. The first kappa shape index (κ1) is 33.3. The maximum Gasteiger partial charge on any atom is 0.249 e. The number of unbranched alkanes of at least 4 members (excludes halogenated alkanes) is 9. The summed E-state index contributed by atoms with van der Waals surface area (Å²) >= 11 is 0. The molecule has 0 spiro atoms. The third kappa shape index (κ3) is 21.3. The van der Waals surface area contributed by atoms with E-state index in [0.717, 1.165) is 70.6 Å². The van der Waals surface area contributed by atoms with Crippen molar-refractivity contribution in [2.24, 2.45) is 0 Å². The van der Waals surface area contributed by atoms with Crippen molar-refractivity contribution in [1.29, 1.82) is 0 Å². The van der Waals surface area contributed by atoms with Gasteiger partial charge < -0.3 is 20.6 Å². The van der Waals surface area contributed by atoms with Gasteiger partial charge in [-0.05, 0) is 57.8 Å². The molecule has 0 radical (unpaired) electrons. The number of carbonyl (C=O) groups excluding carboxylic acids is 1. The maximum absolute atomic E-state index is 12.2. The van der Waals surface area contributed by atoms with Crippen LogP contribution in [0.25, 0.3) is 0 Å². The largest absolute Gasteiger partial charge is 0.394 e. The summed E-state index contributed by atoms with van der Waals surface area (Å²) in [6.07, 6.45) is 29.8. The maximum atomic E-state index is 12.2. The van der Waals surface area contributed by atoms with Crippen LogP contribution in [-0.4, -0.2) is 46.1 Å². The Kier molecular flexibility index (Phi) is 24.2. The minimum atomic E-state index is -1.11. The molecule has 0 aromatic heterocycles. The number of hydrogen-bond donors (Lipinski definition) is 4. The highest BCUT2D eigenvalue weighted by molar-refractivity contribution is 5.80. The Morgan fingerprint density at radius 2 is 1.23 bits per heavy atom. The van der Waals surface area contributed by atoms with E-state index in [1.165, 1.54) is 19.3 Å². The van der Waals surface area contributed by atoms with Gasteiger partial charge in [-0.25, -0.2) is 0 Å². The zero-order valence-electron chi connectivity index (χ0n) is 22.4. The fourth-order valence-electron chi connectivity index (χ4n) is 3.55. The van der Waals surface area contributed by atoms with Crippen LogP contribution in [0.1, 0.15) is 110 Å². The molecule has 0 bridgehead atoms. The van der Waals surface area contributed by atoms with Crippen LogP contribution in [-0.2, 0) is 4.79 Å². The van der Waals surface area contributed by atoms with Crippen molar-refractivity contribution in [3.05, 3.63) is 48.6 Å². The van der Waals surface area contributed by atoms with Gasteiger partial charge in [0.1, 0.15) is 6.10 Å². The molecule has 35 heavy (non-hydrogen) atoms. The van der Waals surface area contributed by atoms with Gasteiger partial charge in [0.25, 0.3) is 0 Å². The van der Waals surface area contributed by atoms with E-state index in [9.17, 15) is 20.1 Å². The first-order valence-electron chi connectivity index (χ1n) is 14.0. The van der Waals surface area contributed by atoms with E-state index in [4.69, 9.17) is 0 Å². The monoisotopic (exact) mass is 491 g/mol. The highest BCUT2D eigenvalue weighted by Gasteiger charge is 2.22. The molecular weight excluding hydrogens is 438 g/mol. The van der Waals surface area contributed by atoms with Gasteiger partial charge in [-0.2, -0.15) is 0 Å². The second-order valence-corrected chi connectivity index (χ2v) is 9.22. The molecule has 0 aromatic carbocycles. The van der Waals surface area contributed by atoms with Gasteiger partial charge in [0, 0.05) is 0 Å². The zero-order chi connectivity index (χ0) is 26.0. The Hall–Kier alpha value is -1.69. The number of amides is 1. The summed E-state index contributed by atoms with van der Waals surface area (Å²) in [4.78, 5) is 12.2. The standard InChI is InChI=1S/C30H53NO4/c1-3-5-7-9-11-13-15-17-18-20-22-24-28(33)27(26-32)31-30(35)29(34)25-23-21-19-16-14-12-10-8-6-4-2/h7,9-10,12,15,17,22,24,27-29,32-34H,3-6,8,11,13-14,16,18-21,23,25-26H2,1-2H3,(H,31,35)/b9-7+,12-10-,17-15+,24-22+. The molecule has 0 aliphatic rings. The van der Waals surface area contributed by atoms with Crippen molar-refractivity contribution >= 4 is 5.91 Å². The summed E-state index contributed by atoms with van der Waals surface area (Å²) in [5.74, 6) is -0.536. The molecule has 3 atom stereocenters. The molecule has 5 heteroatoms. The van der Waals surface area contributed by atoms with Gasteiger partial charge in [0.2, 0.25) is 5.91 Å². The molecule has 202 valence electrons. The van der Waals surface area contributed by atoms with Crippen LogP contribution in [0.2, 0.25) is 0 Å². The average Bonchev–Trinajstić information content (AvgIpc) is 2.86. The van der Waals surface area contributed by atoms with Gasteiger partial charge in [-0.15, -0.1) is 0 Å². The van der Waals surface area contributed by atoms with Crippen molar-refractivity contribution in [2.75, 3.05) is 6.61 Å². The number of rotatable bonds is 23. The van der Waals surface area contributed by atoms with E-state index < -0.39 is 24.2 Å². The number of allylic oxidation sites excluding steroid dienone is 7. The van der Waals surface area contributed by atoms with Crippen molar-refractivity contribution in [3.8, 4) is 0 Å². The quantitative estimate of drug-likeness (QED) is 0.0997. The van der Waals surface area contributed by atoms with E-state index >= 15 is 0 Å². The topological polar surface area (TPSA) is 89.8 Å². The Bertz CT molecular complexity index is 597. The zero-order valence-corrected chi connectivity index (χ0v) is 22.4. The molecule has 0 rings (SSSR count). The van der Waals surface area contributed by atoms with Gasteiger partial charge in [0.15, 0.2) is 0 Å². The summed E-state index contributed by atoms with van der Waals surface area (Å²) in [5, 5.41) is 32.5. The minimum Gasteiger partial charge on any atom is -0.394 e. The van der Waals surface area contributed by atoms with E-state index in [0.29, 0.717) is 6.42 Å². The number of carbonyl (C=O) groups is 1. The summed E-state index contributed by atoms with van der Waals surface area (Å²) in [7, 11) is 0. The molecule has 0 heterocycles. The second-order valence-electron chi connectivity index (χ2n) is 9.22. The van der Waals surface area contributed by atoms with Gasteiger partial charge in [0.05, 0.1) is 18.8 Å². The molecule has 0 aliphatic heterocycles. The number of nitrogens with one attached hydrogen (secondary N) is 1. The SMILES string of the molecule is CCC/C=C/CC/C=C/CC/C=C/C(O)C(CO)NC(=O)C(O)CCCCCC/C=C\CCCC. The van der Waals surface area contributed by atoms with Gasteiger partial charge in [-0.1, -0.05) is 101 Å². The fourth-order valence-corrected chi connectivity index (χ4v) is 3.55. The minimum absolute atomic E-state index is 0.388. The number of aliphatic hydroxyl groups excluding tert-OH is 3. The predicted octanol–water partition coefficient (Wildman–Crippen LogP) is 6.30. The van der Waals surface area contributed by atoms with Crippen LogP contribution in [0.4, 0.5) is 0 Å². The Morgan fingerprint density at radius 3 is 1.83 bits per heavy atom. The summed E-state index contributed by atoms with van der Waals surface area (Å²) in [5.41, 5.74) is 0. The second kappa shape index (κ2) is 25.4. The molecule has 0 saturated heterocycles. The van der Waals surface area contributed by atoms with Crippen molar-refractivity contribution in [2.45, 2.75) is 128 Å². The molecule has 0 fully saturated rings. The lowest BCUT2D eigenvalue weighted by atomic mass is 10.1. The van der Waals surface area contributed by atoms with Crippen LogP contribution in [0.3, 0.4) is 0 Å². The Balaban J connectivity index is 4.00. The van der Waals surface area contributed by atoms with Crippen molar-refractivity contribution in [3.63, 3.8) is 0 Å². The highest BCUT2D eigenvalue weighted by Crippen LogP contribution is 2.09. The molecular formula is C30H53NO4. The number of aliphatic hydroxyl groups is 3. The van der Waals surface area contributed by atoms with Crippen molar-refractivity contribution < 1.29 is 20.1 Å². The third-order valence-corrected chi connectivity index (χ3v) is 5.85. The predicted molar refractivity (Wildman–Crippen MR) is 148 cm³/mol. The van der Waals surface area contributed by atoms with E-state index in [-0.39, 0.29) is 6.61 Å². The first-order valence-corrected chi connectivity index (χ1v) is 14.0. The fraction of sp³-hybridized carbons (Fsp3) is 0.700. The third-order valence-electron chi connectivity index (χ3n) is 5.85. The molecule has 1 amide bonds. The van der Waals surface area contributed by atoms with E-state index in [2.05, 4.69) is 55.6 Å². The van der Waals surface area contributed by atoms with Crippen LogP contribution in [0, 0.1) is 0 Å². The number of hydrogen-bond acceptors (Lipinski definition) is 4. The highest BCUT2D eigenvalue weighted by atomic mass is 16.3. The van der Waals surface area contributed by atoms with Gasteiger partial charge in [-0.3, -0.25) is 4.79 Å². The average molecular weight is 492 g/mol. The van der Waals surface area contributed by atoms with Crippen LogP contribution in [0.5, 0.6) is 0 Å². The lowest BCUT2D eigenvalue weighted by molar-refractivity contribution is -0.131. The Labute approximate surface area is 215 Å². The van der Waals surface area contributed by atoms with Crippen LogP contribution >= 0.6 is 0 Å². The molecule has 0 aliphatic carbocycles. The van der Waals surface area contributed by atoms with E-state index in [1.807, 2.05) is 6.08 Å². The van der Waals surface area contributed by atoms with Crippen LogP contribution in [0.15, 0.2) is 48.6 Å². The van der Waals surface area contributed by atoms with Crippen LogP contribution < -0.4 is 5.32 Å². The molecule has 0 saturated carbocycles. The lowest BCUT2D eigenvalue weighted by Gasteiger charge is -2.21. The molecule has 4 N–H and O–H groups in total. The summed E-state index contributed by atoms with van der Waals surface area (Å²) < 4.78 is 0. The molecule has 5 nitrogen and oxygen atoms in total. The van der Waals surface area contributed by atoms with Gasteiger partial charge >= 0.3 is 0 Å². The van der Waals surface area contributed by atoms with Crippen molar-refractivity contribution in [1.82, 2.24) is 5.32 Å². The first-order chi connectivity index (χ1) is 17.1. The smallest absolute Gasteiger partial charge is 0.249 e.